The summed E-state index contributed by atoms with van der Waals surface area (Å²) in [6, 6.07) is 17.2. The van der Waals surface area contributed by atoms with Crippen molar-refractivity contribution in [1.29, 1.82) is 0 Å². The van der Waals surface area contributed by atoms with E-state index in [4.69, 9.17) is 16.0 Å². The summed E-state index contributed by atoms with van der Waals surface area (Å²) in [4.78, 5) is 11.9. The lowest BCUT2D eigenvalue weighted by atomic mass is 10.1. The van der Waals surface area contributed by atoms with E-state index in [0.29, 0.717) is 23.2 Å². The lowest BCUT2D eigenvalue weighted by Crippen LogP contribution is -2.22. The van der Waals surface area contributed by atoms with Crippen LogP contribution >= 0.6 is 11.6 Å². The van der Waals surface area contributed by atoms with Crippen molar-refractivity contribution < 1.29 is 9.21 Å². The summed E-state index contributed by atoms with van der Waals surface area (Å²) in [5, 5.41) is 11.5. The molecule has 0 aliphatic rings. The van der Waals surface area contributed by atoms with E-state index in [2.05, 4.69) is 15.5 Å². The molecule has 1 N–H and O–H groups in total. The number of halogens is 1. The van der Waals surface area contributed by atoms with E-state index in [1.54, 1.807) is 0 Å². The number of nitrogens with one attached hydrogen (secondary N) is 1. The van der Waals surface area contributed by atoms with Gasteiger partial charge in [-0.2, -0.15) is 0 Å². The highest BCUT2D eigenvalue weighted by molar-refractivity contribution is 6.30. The molecule has 1 aromatic heterocycles. The molecule has 3 rings (SSSR count). The van der Waals surface area contributed by atoms with E-state index in [1.807, 2.05) is 54.6 Å². The van der Waals surface area contributed by atoms with Gasteiger partial charge in [-0.05, 0) is 42.7 Å². The molecule has 0 atom stereocenters. The first-order valence-electron chi connectivity index (χ1n) is 8.09. The molecule has 0 aliphatic carbocycles. The van der Waals surface area contributed by atoms with Crippen LogP contribution in [0.15, 0.2) is 59.0 Å². The van der Waals surface area contributed by atoms with Crippen LogP contribution in [0.5, 0.6) is 0 Å². The summed E-state index contributed by atoms with van der Waals surface area (Å²) < 4.78 is 5.56. The number of carbonyl (C=O) groups is 1. The second-order valence-electron chi connectivity index (χ2n) is 5.63. The van der Waals surface area contributed by atoms with Crippen molar-refractivity contribution >= 4 is 17.5 Å². The minimum Gasteiger partial charge on any atom is -0.419 e. The van der Waals surface area contributed by atoms with Crippen LogP contribution < -0.4 is 5.32 Å². The number of amides is 1. The van der Waals surface area contributed by atoms with Gasteiger partial charge in [0, 0.05) is 17.0 Å². The molecule has 1 amide bonds. The van der Waals surface area contributed by atoms with Crippen LogP contribution in [0.1, 0.15) is 24.3 Å². The molecule has 3 aromatic rings. The second-order valence-corrected chi connectivity index (χ2v) is 6.06. The van der Waals surface area contributed by atoms with Gasteiger partial charge in [-0.1, -0.05) is 41.9 Å². The molecule has 6 heteroatoms. The Hall–Kier alpha value is -2.66. The van der Waals surface area contributed by atoms with Crippen LogP contribution in [0.3, 0.4) is 0 Å². The molecule has 0 radical (unpaired) electrons. The molecule has 0 bridgehead atoms. The van der Waals surface area contributed by atoms with Crippen molar-refractivity contribution in [3.8, 4) is 11.5 Å². The topological polar surface area (TPSA) is 68.0 Å². The molecule has 0 aliphatic heterocycles. The predicted molar refractivity (Wildman–Crippen MR) is 96.0 cm³/mol. The van der Waals surface area contributed by atoms with Gasteiger partial charge in [-0.25, -0.2) is 0 Å². The predicted octanol–water partition coefficient (Wildman–Crippen LogP) is 4.03. The Morgan fingerprint density at radius 2 is 1.92 bits per heavy atom. The van der Waals surface area contributed by atoms with Crippen LogP contribution in [0.4, 0.5) is 0 Å². The summed E-state index contributed by atoms with van der Waals surface area (Å²) in [5.74, 6) is 0.800. The molecule has 0 spiro atoms. The zero-order valence-corrected chi connectivity index (χ0v) is 14.4. The number of hydrogen-bond acceptors (Lipinski definition) is 4. The van der Waals surface area contributed by atoms with Crippen LogP contribution in [-0.4, -0.2) is 16.1 Å². The zero-order chi connectivity index (χ0) is 17.5. The third-order valence-corrected chi connectivity index (χ3v) is 3.92. The first-order chi connectivity index (χ1) is 12.2. The molecule has 0 unspecified atom stereocenters. The van der Waals surface area contributed by atoms with Crippen molar-refractivity contribution in [3.05, 3.63) is 71.1 Å². The maximum atomic E-state index is 11.9. The lowest BCUT2D eigenvalue weighted by molar-refractivity contribution is -0.121. The molecule has 0 saturated carbocycles. The Kier molecular flexibility index (Phi) is 5.80. The normalized spacial score (nSPS) is 10.6. The van der Waals surface area contributed by atoms with E-state index in [-0.39, 0.29) is 12.5 Å². The molecular formula is C19H18ClN3O2. The minimum atomic E-state index is -0.0403. The third kappa shape index (κ3) is 5.16. The van der Waals surface area contributed by atoms with Gasteiger partial charge in [-0.15, -0.1) is 10.2 Å². The van der Waals surface area contributed by atoms with Crippen LogP contribution in [0.25, 0.3) is 11.5 Å². The smallest absolute Gasteiger partial charge is 0.247 e. The first-order valence-corrected chi connectivity index (χ1v) is 8.47. The van der Waals surface area contributed by atoms with Crippen molar-refractivity contribution in [2.45, 2.75) is 25.8 Å². The fraction of sp³-hybridized carbons (Fsp3) is 0.211. The summed E-state index contributed by atoms with van der Waals surface area (Å²) in [6.07, 6.45) is 2.00. The Balaban J connectivity index is 1.43. The van der Waals surface area contributed by atoms with Gasteiger partial charge >= 0.3 is 0 Å². The molecule has 0 fully saturated rings. The maximum Gasteiger partial charge on any atom is 0.247 e. The largest absolute Gasteiger partial charge is 0.419 e. The maximum absolute atomic E-state index is 11.9. The van der Waals surface area contributed by atoms with E-state index >= 15 is 0 Å². The van der Waals surface area contributed by atoms with Crippen molar-refractivity contribution in [1.82, 2.24) is 15.5 Å². The fourth-order valence-electron chi connectivity index (χ4n) is 2.43. The monoisotopic (exact) mass is 355 g/mol. The Bertz CT molecular complexity index is 833. The second kappa shape index (κ2) is 8.44. The van der Waals surface area contributed by atoms with Gasteiger partial charge in [0.05, 0.1) is 6.54 Å². The van der Waals surface area contributed by atoms with Crippen molar-refractivity contribution in [2.75, 3.05) is 0 Å². The summed E-state index contributed by atoms with van der Waals surface area (Å²) in [7, 11) is 0. The zero-order valence-electron chi connectivity index (χ0n) is 13.6. The number of hydrogen-bond donors (Lipinski definition) is 1. The van der Waals surface area contributed by atoms with Gasteiger partial charge in [0.25, 0.3) is 0 Å². The molecule has 25 heavy (non-hydrogen) atoms. The average Bonchev–Trinajstić information content (AvgIpc) is 3.10. The number of carbonyl (C=O) groups excluding carboxylic acids is 1. The SMILES string of the molecule is O=C(CCCc1cccc(Cl)c1)NCc1nnc(-c2ccccc2)o1. The number of aromatic nitrogens is 2. The van der Waals surface area contributed by atoms with Crippen LogP contribution in [-0.2, 0) is 17.8 Å². The first kappa shape index (κ1) is 17.2. The van der Waals surface area contributed by atoms with E-state index < -0.39 is 0 Å². The molecule has 2 aromatic carbocycles. The number of aryl methyl sites for hydroxylation is 1. The van der Waals surface area contributed by atoms with Crippen LogP contribution in [0, 0.1) is 0 Å². The molecule has 1 heterocycles. The Morgan fingerprint density at radius 1 is 1.08 bits per heavy atom. The standard InChI is InChI=1S/C19H18ClN3O2/c20-16-10-4-6-14(12-16)7-5-11-17(24)21-13-18-22-23-19(25-18)15-8-2-1-3-9-15/h1-4,6,8-10,12H,5,7,11,13H2,(H,21,24). The third-order valence-electron chi connectivity index (χ3n) is 3.68. The number of rotatable bonds is 7. The summed E-state index contributed by atoms with van der Waals surface area (Å²) in [6.45, 7) is 0.232. The minimum absolute atomic E-state index is 0.0403. The Labute approximate surface area is 151 Å². The average molecular weight is 356 g/mol. The van der Waals surface area contributed by atoms with Crippen LogP contribution in [0.2, 0.25) is 5.02 Å². The molecule has 128 valence electrons. The van der Waals surface area contributed by atoms with Gasteiger partial charge < -0.3 is 9.73 Å². The van der Waals surface area contributed by atoms with Gasteiger partial charge in [-0.3, -0.25) is 4.79 Å². The highest BCUT2D eigenvalue weighted by Crippen LogP contribution is 2.17. The summed E-state index contributed by atoms with van der Waals surface area (Å²) >= 11 is 5.95. The van der Waals surface area contributed by atoms with Crippen molar-refractivity contribution in [2.24, 2.45) is 0 Å². The molecule has 5 nitrogen and oxygen atoms in total. The highest BCUT2D eigenvalue weighted by atomic mass is 35.5. The van der Waals surface area contributed by atoms with Crippen molar-refractivity contribution in [3.63, 3.8) is 0 Å². The molecule has 0 saturated heterocycles. The molecular weight excluding hydrogens is 338 g/mol. The van der Waals surface area contributed by atoms with Gasteiger partial charge in [0.2, 0.25) is 17.7 Å². The quantitative estimate of drug-likeness (QED) is 0.694. The van der Waals surface area contributed by atoms with E-state index in [1.165, 1.54) is 0 Å². The number of nitrogens with zero attached hydrogens (tertiary/aromatic N) is 2. The lowest BCUT2D eigenvalue weighted by Gasteiger charge is -2.03. The van der Waals surface area contributed by atoms with E-state index in [0.717, 1.165) is 24.0 Å². The Morgan fingerprint density at radius 3 is 2.72 bits per heavy atom. The van der Waals surface area contributed by atoms with E-state index in [9.17, 15) is 4.79 Å². The fourth-order valence-corrected chi connectivity index (χ4v) is 2.64. The number of benzene rings is 2. The van der Waals surface area contributed by atoms with Gasteiger partial charge in [0.1, 0.15) is 0 Å². The summed E-state index contributed by atoms with van der Waals surface area (Å²) in [5.41, 5.74) is 1.99. The van der Waals surface area contributed by atoms with Gasteiger partial charge in [0.15, 0.2) is 0 Å². The highest BCUT2D eigenvalue weighted by Gasteiger charge is 2.09.